The second-order valence-electron chi connectivity index (χ2n) is 7.61. The van der Waals surface area contributed by atoms with Crippen LogP contribution in [-0.4, -0.2) is 11.8 Å². The van der Waals surface area contributed by atoms with Crippen LogP contribution < -0.4 is 0 Å². The smallest absolute Gasteiger partial charge is 0.331 e. The Morgan fingerprint density at radius 3 is 1.84 bits per heavy atom. The quantitative estimate of drug-likeness (QED) is 0.775. The molecule has 0 N–H and O–H groups in total. The molecule has 1 aliphatic heterocycles. The van der Waals surface area contributed by atoms with Crippen molar-refractivity contribution in [2.45, 2.75) is 32.1 Å². The van der Waals surface area contributed by atoms with Crippen molar-refractivity contribution in [3.05, 3.63) is 83.1 Å². The lowest BCUT2D eigenvalue weighted by Gasteiger charge is -2.33. The molecule has 0 aromatic heterocycles. The Labute approximate surface area is 147 Å². The molecule has 0 bridgehead atoms. The van der Waals surface area contributed by atoms with Crippen LogP contribution in [-0.2, 0) is 19.7 Å². The number of carbonyl (C=O) groups excluding carboxylic acids is 2. The van der Waals surface area contributed by atoms with Crippen LogP contribution in [0.5, 0.6) is 0 Å². The highest BCUT2D eigenvalue weighted by molar-refractivity contribution is 6.11. The average Bonchev–Trinajstić information content (AvgIpc) is 2.88. The lowest BCUT2D eigenvalue weighted by molar-refractivity contribution is -0.140. The summed E-state index contributed by atoms with van der Waals surface area (Å²) in [5, 5.41) is 0. The zero-order chi connectivity index (χ0) is 17.7. The van der Waals surface area contributed by atoms with E-state index in [-0.39, 0.29) is 17.2 Å². The van der Waals surface area contributed by atoms with E-state index in [0.717, 1.165) is 11.1 Å². The molecule has 0 atom stereocenters. The maximum Gasteiger partial charge on any atom is 0.331 e. The molecule has 4 rings (SSSR count). The Hall–Kier alpha value is -2.68. The Morgan fingerprint density at radius 1 is 0.800 bits per heavy atom. The van der Waals surface area contributed by atoms with Crippen molar-refractivity contribution in [2.75, 3.05) is 0 Å². The normalized spacial score (nSPS) is 21.0. The molecular weight excluding hydrogens is 312 g/mol. The van der Waals surface area contributed by atoms with Crippen molar-refractivity contribution in [2.24, 2.45) is 5.41 Å². The first-order valence-electron chi connectivity index (χ1n) is 8.55. The summed E-state index contributed by atoms with van der Waals surface area (Å²) in [7, 11) is 0. The Kier molecular flexibility index (Phi) is 3.43. The Morgan fingerprint density at radius 2 is 1.32 bits per heavy atom. The third-order valence-electron chi connectivity index (χ3n) is 5.15. The van der Waals surface area contributed by atoms with Gasteiger partial charge in [-0.25, -0.2) is 4.79 Å². The number of ketones is 1. The minimum absolute atomic E-state index is 0.00445. The number of allylic oxidation sites excluding steroid dienone is 1. The highest BCUT2D eigenvalue weighted by Crippen LogP contribution is 2.52. The molecule has 0 fully saturated rings. The zero-order valence-corrected chi connectivity index (χ0v) is 14.4. The van der Waals surface area contributed by atoms with Crippen LogP contribution in [0.1, 0.15) is 37.8 Å². The molecule has 25 heavy (non-hydrogen) atoms. The fourth-order valence-electron chi connectivity index (χ4n) is 4.13. The second kappa shape index (κ2) is 5.41. The van der Waals surface area contributed by atoms with Gasteiger partial charge < -0.3 is 4.74 Å². The van der Waals surface area contributed by atoms with Crippen LogP contribution in [0.2, 0.25) is 0 Å². The largest absolute Gasteiger partial charge is 0.429 e. The predicted molar refractivity (Wildman–Crippen MR) is 94.8 cm³/mol. The molecule has 2 aromatic carbocycles. The summed E-state index contributed by atoms with van der Waals surface area (Å²) in [6, 6.07) is 19.0. The minimum Gasteiger partial charge on any atom is -0.429 e. The summed E-state index contributed by atoms with van der Waals surface area (Å²) < 4.78 is 5.72. The van der Waals surface area contributed by atoms with Gasteiger partial charge in [-0.05, 0) is 16.5 Å². The van der Waals surface area contributed by atoms with Crippen LogP contribution in [0.3, 0.4) is 0 Å². The van der Waals surface area contributed by atoms with Gasteiger partial charge in [0.05, 0.1) is 5.57 Å². The molecule has 0 amide bonds. The first kappa shape index (κ1) is 15.8. The highest BCUT2D eigenvalue weighted by Gasteiger charge is 2.58. The molecule has 2 aromatic rings. The minimum atomic E-state index is -1.16. The van der Waals surface area contributed by atoms with Gasteiger partial charge in [-0.15, -0.1) is 0 Å². The lowest BCUT2D eigenvalue weighted by Crippen LogP contribution is -2.40. The Balaban J connectivity index is 2.04. The van der Waals surface area contributed by atoms with E-state index < -0.39 is 5.41 Å². The van der Waals surface area contributed by atoms with Gasteiger partial charge in [-0.3, -0.25) is 4.79 Å². The number of ether oxygens (including phenoxy) is 1. The number of Topliss-reactive ketones (excluding diaryl/α,β-unsaturated/α-hetero) is 1. The molecule has 1 heterocycles. The van der Waals surface area contributed by atoms with Crippen LogP contribution in [0.4, 0.5) is 0 Å². The number of benzene rings is 2. The first-order chi connectivity index (χ1) is 11.9. The van der Waals surface area contributed by atoms with Crippen LogP contribution >= 0.6 is 0 Å². The molecule has 0 radical (unpaired) electrons. The fourth-order valence-corrected chi connectivity index (χ4v) is 4.13. The number of carbonyl (C=O) groups is 2. The van der Waals surface area contributed by atoms with Crippen molar-refractivity contribution in [3.63, 3.8) is 0 Å². The summed E-state index contributed by atoms with van der Waals surface area (Å²) in [5.41, 5.74) is 0.730. The first-order valence-corrected chi connectivity index (χ1v) is 8.55. The van der Waals surface area contributed by atoms with E-state index in [1.807, 2.05) is 74.5 Å². The maximum atomic E-state index is 13.2. The van der Waals surface area contributed by atoms with E-state index in [0.29, 0.717) is 24.2 Å². The van der Waals surface area contributed by atoms with Gasteiger partial charge in [-0.1, -0.05) is 74.5 Å². The number of hydrogen-bond donors (Lipinski definition) is 0. The van der Waals surface area contributed by atoms with Crippen LogP contribution in [0.25, 0.3) is 0 Å². The average molecular weight is 332 g/mol. The molecule has 3 nitrogen and oxygen atoms in total. The summed E-state index contributed by atoms with van der Waals surface area (Å²) in [6.45, 7) is 4.07. The topological polar surface area (TPSA) is 43.4 Å². The molecule has 1 aliphatic carbocycles. The van der Waals surface area contributed by atoms with Gasteiger partial charge in [-0.2, -0.15) is 0 Å². The van der Waals surface area contributed by atoms with E-state index >= 15 is 0 Å². The summed E-state index contributed by atoms with van der Waals surface area (Å²) >= 11 is 0. The molecule has 0 saturated heterocycles. The SMILES string of the molecule is CC1(C)CC(=O)C2=C(C1)OC(=O)C2(c1ccccc1)c1ccccc1. The van der Waals surface area contributed by atoms with Gasteiger partial charge in [0, 0.05) is 12.8 Å². The third kappa shape index (κ3) is 2.26. The Bertz CT molecular complexity index is 837. The molecule has 126 valence electrons. The summed E-state index contributed by atoms with van der Waals surface area (Å²) in [5.74, 6) is 0.171. The number of hydrogen-bond acceptors (Lipinski definition) is 3. The molecule has 2 aliphatic rings. The van der Waals surface area contributed by atoms with Crippen LogP contribution in [0.15, 0.2) is 72.0 Å². The van der Waals surface area contributed by atoms with Crippen LogP contribution in [0, 0.1) is 5.41 Å². The monoisotopic (exact) mass is 332 g/mol. The van der Waals surface area contributed by atoms with E-state index in [9.17, 15) is 9.59 Å². The molecule has 0 saturated carbocycles. The van der Waals surface area contributed by atoms with Crippen molar-refractivity contribution >= 4 is 11.8 Å². The molecular formula is C22H20O3. The van der Waals surface area contributed by atoms with Gasteiger partial charge in [0.25, 0.3) is 0 Å². The van der Waals surface area contributed by atoms with E-state index in [4.69, 9.17) is 4.74 Å². The maximum absolute atomic E-state index is 13.2. The van der Waals surface area contributed by atoms with Gasteiger partial charge in [0.15, 0.2) is 5.78 Å². The van der Waals surface area contributed by atoms with E-state index in [1.54, 1.807) is 0 Å². The second-order valence-corrected chi connectivity index (χ2v) is 7.61. The zero-order valence-electron chi connectivity index (χ0n) is 14.4. The highest BCUT2D eigenvalue weighted by atomic mass is 16.5. The van der Waals surface area contributed by atoms with Gasteiger partial charge >= 0.3 is 5.97 Å². The van der Waals surface area contributed by atoms with E-state index in [1.165, 1.54) is 0 Å². The van der Waals surface area contributed by atoms with Gasteiger partial charge in [0.1, 0.15) is 11.2 Å². The predicted octanol–water partition coefficient (Wildman–Crippen LogP) is 4.17. The standard InChI is InChI=1S/C22H20O3/c1-21(2)13-17(23)19-18(14-21)25-20(24)22(19,15-9-5-3-6-10-15)16-11-7-4-8-12-16/h3-12H,13-14H2,1-2H3. The van der Waals surface area contributed by atoms with Gasteiger partial charge in [0.2, 0.25) is 0 Å². The third-order valence-corrected chi connectivity index (χ3v) is 5.15. The summed E-state index contributed by atoms with van der Waals surface area (Å²) in [6.07, 6.45) is 1.02. The summed E-state index contributed by atoms with van der Waals surface area (Å²) in [4.78, 5) is 26.3. The molecule has 0 unspecified atom stereocenters. The fraction of sp³-hybridized carbons (Fsp3) is 0.273. The molecule has 3 heteroatoms. The number of rotatable bonds is 2. The van der Waals surface area contributed by atoms with Crippen molar-refractivity contribution in [1.29, 1.82) is 0 Å². The number of esters is 1. The van der Waals surface area contributed by atoms with E-state index in [2.05, 4.69) is 0 Å². The van der Waals surface area contributed by atoms with Crippen molar-refractivity contribution in [1.82, 2.24) is 0 Å². The molecule has 0 spiro atoms. The lowest BCUT2D eigenvalue weighted by atomic mass is 9.64. The van der Waals surface area contributed by atoms with Crippen molar-refractivity contribution in [3.8, 4) is 0 Å². The van der Waals surface area contributed by atoms with Crippen molar-refractivity contribution < 1.29 is 14.3 Å².